The normalized spacial score (nSPS) is 14.9. The van der Waals surface area contributed by atoms with Gasteiger partial charge in [-0.25, -0.2) is 14.4 Å². The third kappa shape index (κ3) is 5.33. The van der Waals surface area contributed by atoms with E-state index in [0.29, 0.717) is 11.1 Å². The fourth-order valence-electron chi connectivity index (χ4n) is 3.90. The number of esters is 2. The molecule has 0 spiro atoms. The molecule has 182 valence electrons. The van der Waals surface area contributed by atoms with E-state index in [1.807, 2.05) is 6.07 Å². The minimum absolute atomic E-state index is 0.0736. The Morgan fingerprint density at radius 2 is 1.39 bits per heavy atom. The number of amides is 2. The van der Waals surface area contributed by atoms with Crippen LogP contribution in [0.25, 0.3) is 0 Å². The van der Waals surface area contributed by atoms with Crippen LogP contribution in [0.15, 0.2) is 96.2 Å². The molecule has 1 aliphatic heterocycles. The predicted molar refractivity (Wildman–Crippen MR) is 131 cm³/mol. The van der Waals surface area contributed by atoms with Crippen molar-refractivity contribution >= 4 is 23.8 Å². The molecule has 8 heteroatoms. The van der Waals surface area contributed by atoms with E-state index in [1.165, 1.54) is 6.07 Å². The molecule has 4 rings (SSSR count). The number of rotatable bonds is 8. The predicted octanol–water partition coefficient (Wildman–Crippen LogP) is 3.95. The average Bonchev–Trinajstić information content (AvgIpc) is 2.92. The average molecular weight is 485 g/mol. The fraction of sp³-hybridized carbons (Fsp3) is 0.143. The standard InChI is InChI=1S/C28H24N2O6/c1-2-35-27(33)23-22(29-28(34)30-24(23)18-11-5-3-6-12-18)17-36-26(32)21-16-10-9-15-20(21)25(31)19-13-7-4-8-14-19/h3-16,24H,2,17H2,1H3,(H2,29,30,34). The monoisotopic (exact) mass is 484 g/mol. The molecule has 0 radical (unpaired) electrons. The maximum Gasteiger partial charge on any atom is 0.339 e. The van der Waals surface area contributed by atoms with Crippen LogP contribution in [-0.2, 0) is 14.3 Å². The lowest BCUT2D eigenvalue weighted by Gasteiger charge is -2.29. The summed E-state index contributed by atoms with van der Waals surface area (Å²) >= 11 is 0. The Morgan fingerprint density at radius 1 is 0.778 bits per heavy atom. The van der Waals surface area contributed by atoms with Crippen molar-refractivity contribution in [1.82, 2.24) is 10.6 Å². The van der Waals surface area contributed by atoms with Crippen molar-refractivity contribution in [3.05, 3.63) is 118 Å². The first kappa shape index (κ1) is 24.4. The summed E-state index contributed by atoms with van der Waals surface area (Å²) in [7, 11) is 0. The highest BCUT2D eigenvalue weighted by Crippen LogP contribution is 2.28. The number of nitrogens with one attached hydrogen (secondary N) is 2. The van der Waals surface area contributed by atoms with Gasteiger partial charge in [-0.05, 0) is 18.6 Å². The van der Waals surface area contributed by atoms with Crippen molar-refractivity contribution in [3.8, 4) is 0 Å². The first-order valence-electron chi connectivity index (χ1n) is 11.4. The van der Waals surface area contributed by atoms with Crippen LogP contribution in [0.3, 0.4) is 0 Å². The maximum atomic E-state index is 13.0. The number of carbonyl (C=O) groups excluding carboxylic acids is 4. The van der Waals surface area contributed by atoms with Gasteiger partial charge >= 0.3 is 18.0 Å². The summed E-state index contributed by atoms with van der Waals surface area (Å²) in [6.07, 6.45) is 0. The minimum atomic E-state index is -0.792. The van der Waals surface area contributed by atoms with Crippen molar-refractivity contribution in [3.63, 3.8) is 0 Å². The highest BCUT2D eigenvalue weighted by Gasteiger charge is 2.34. The lowest BCUT2D eigenvalue weighted by molar-refractivity contribution is -0.139. The molecule has 1 atom stereocenters. The molecule has 0 aromatic heterocycles. The van der Waals surface area contributed by atoms with E-state index in [0.717, 1.165) is 0 Å². The Morgan fingerprint density at radius 3 is 2.06 bits per heavy atom. The summed E-state index contributed by atoms with van der Waals surface area (Å²) in [5.74, 6) is -1.74. The summed E-state index contributed by atoms with van der Waals surface area (Å²) in [6.45, 7) is 1.39. The van der Waals surface area contributed by atoms with Crippen LogP contribution < -0.4 is 10.6 Å². The number of carbonyl (C=O) groups is 4. The van der Waals surface area contributed by atoms with Gasteiger partial charge in [0.25, 0.3) is 0 Å². The van der Waals surface area contributed by atoms with E-state index in [1.54, 1.807) is 79.7 Å². The van der Waals surface area contributed by atoms with Crippen LogP contribution in [0.2, 0.25) is 0 Å². The summed E-state index contributed by atoms with van der Waals surface area (Å²) in [4.78, 5) is 51.3. The van der Waals surface area contributed by atoms with E-state index >= 15 is 0 Å². The Bertz CT molecular complexity index is 1320. The molecule has 1 aliphatic rings. The molecule has 1 heterocycles. The first-order valence-corrected chi connectivity index (χ1v) is 11.4. The minimum Gasteiger partial charge on any atom is -0.463 e. The molecular weight excluding hydrogens is 460 g/mol. The van der Waals surface area contributed by atoms with Crippen LogP contribution in [-0.4, -0.2) is 37.0 Å². The number of ketones is 1. The first-order chi connectivity index (χ1) is 17.5. The van der Waals surface area contributed by atoms with Crippen LogP contribution in [0.1, 0.15) is 44.8 Å². The number of hydrogen-bond donors (Lipinski definition) is 2. The lowest BCUT2D eigenvalue weighted by atomic mass is 9.95. The Labute approximate surface area is 207 Å². The zero-order valence-corrected chi connectivity index (χ0v) is 19.5. The van der Waals surface area contributed by atoms with Gasteiger partial charge in [0.2, 0.25) is 0 Å². The second kappa shape index (κ2) is 11.1. The molecule has 0 bridgehead atoms. The molecule has 2 N–H and O–H groups in total. The molecule has 0 saturated heterocycles. The number of hydrogen-bond acceptors (Lipinski definition) is 6. The Balaban J connectivity index is 1.63. The molecule has 3 aromatic carbocycles. The van der Waals surface area contributed by atoms with Crippen molar-refractivity contribution in [2.75, 3.05) is 13.2 Å². The van der Waals surface area contributed by atoms with Crippen molar-refractivity contribution in [2.45, 2.75) is 13.0 Å². The lowest BCUT2D eigenvalue weighted by Crippen LogP contribution is -2.47. The molecule has 36 heavy (non-hydrogen) atoms. The molecule has 3 aromatic rings. The van der Waals surface area contributed by atoms with Crippen molar-refractivity contribution in [2.24, 2.45) is 0 Å². The van der Waals surface area contributed by atoms with E-state index < -0.39 is 30.6 Å². The van der Waals surface area contributed by atoms with Gasteiger partial charge in [-0.15, -0.1) is 0 Å². The van der Waals surface area contributed by atoms with Crippen LogP contribution >= 0.6 is 0 Å². The molecule has 8 nitrogen and oxygen atoms in total. The smallest absolute Gasteiger partial charge is 0.339 e. The van der Waals surface area contributed by atoms with Gasteiger partial charge in [-0.3, -0.25) is 4.79 Å². The van der Waals surface area contributed by atoms with E-state index in [-0.39, 0.29) is 34.8 Å². The van der Waals surface area contributed by atoms with Crippen LogP contribution in [0.5, 0.6) is 0 Å². The van der Waals surface area contributed by atoms with Crippen LogP contribution in [0, 0.1) is 0 Å². The zero-order chi connectivity index (χ0) is 25.5. The second-order valence-corrected chi connectivity index (χ2v) is 7.87. The van der Waals surface area contributed by atoms with E-state index in [4.69, 9.17) is 9.47 Å². The molecule has 0 aliphatic carbocycles. The van der Waals surface area contributed by atoms with Gasteiger partial charge in [0.15, 0.2) is 5.78 Å². The van der Waals surface area contributed by atoms with Gasteiger partial charge in [-0.1, -0.05) is 78.9 Å². The molecule has 0 fully saturated rings. The van der Waals surface area contributed by atoms with E-state index in [9.17, 15) is 19.2 Å². The Hall–Kier alpha value is -4.72. The quantitative estimate of drug-likeness (QED) is 0.370. The third-order valence-corrected chi connectivity index (χ3v) is 5.56. The zero-order valence-electron chi connectivity index (χ0n) is 19.5. The summed E-state index contributed by atoms with van der Waals surface area (Å²) < 4.78 is 10.7. The van der Waals surface area contributed by atoms with Gasteiger partial charge in [0.1, 0.15) is 6.61 Å². The highest BCUT2D eigenvalue weighted by atomic mass is 16.5. The maximum absolute atomic E-state index is 13.0. The van der Waals surface area contributed by atoms with Gasteiger partial charge in [-0.2, -0.15) is 0 Å². The van der Waals surface area contributed by atoms with Gasteiger partial charge in [0.05, 0.1) is 29.5 Å². The third-order valence-electron chi connectivity index (χ3n) is 5.56. The SMILES string of the molecule is CCOC(=O)C1=C(COC(=O)c2ccccc2C(=O)c2ccccc2)NC(=O)NC1c1ccccc1. The number of benzene rings is 3. The molecule has 0 saturated carbocycles. The highest BCUT2D eigenvalue weighted by molar-refractivity contribution is 6.14. The van der Waals surface area contributed by atoms with E-state index in [2.05, 4.69) is 10.6 Å². The van der Waals surface area contributed by atoms with Crippen molar-refractivity contribution in [1.29, 1.82) is 0 Å². The second-order valence-electron chi connectivity index (χ2n) is 7.87. The summed E-state index contributed by atoms with van der Waals surface area (Å²) in [6, 6.07) is 22.5. The Kier molecular flexibility index (Phi) is 7.55. The summed E-state index contributed by atoms with van der Waals surface area (Å²) in [5, 5.41) is 5.28. The van der Waals surface area contributed by atoms with Crippen molar-refractivity contribution < 1.29 is 28.7 Å². The molecule has 2 amide bonds. The number of urea groups is 1. The molecular formula is C28H24N2O6. The van der Waals surface area contributed by atoms with Gasteiger partial charge < -0.3 is 20.1 Å². The van der Waals surface area contributed by atoms with Gasteiger partial charge in [0, 0.05) is 11.1 Å². The largest absolute Gasteiger partial charge is 0.463 e. The fourth-order valence-corrected chi connectivity index (χ4v) is 3.90. The molecule has 1 unspecified atom stereocenters. The topological polar surface area (TPSA) is 111 Å². The van der Waals surface area contributed by atoms with Crippen LogP contribution in [0.4, 0.5) is 4.79 Å². The summed E-state index contributed by atoms with van der Waals surface area (Å²) in [5.41, 5.74) is 1.59. The number of ether oxygens (including phenoxy) is 2.